The zero-order valence-electron chi connectivity index (χ0n) is 8.70. The summed E-state index contributed by atoms with van der Waals surface area (Å²) >= 11 is 3.40. The predicted octanol–water partition coefficient (Wildman–Crippen LogP) is 2.97. The second-order valence-electron chi connectivity index (χ2n) is 3.54. The molecule has 0 radical (unpaired) electrons. The SMILES string of the molecule is CC(Nc1ccccc1Br)C(C)C(=O)O. The second kappa shape index (κ2) is 5.16. The lowest BCUT2D eigenvalue weighted by Gasteiger charge is -2.19. The lowest BCUT2D eigenvalue weighted by molar-refractivity contribution is -0.141. The summed E-state index contributed by atoms with van der Waals surface area (Å²) in [6, 6.07) is 7.54. The number of hydrogen-bond acceptors (Lipinski definition) is 2. The molecule has 0 aliphatic heterocycles. The Morgan fingerprint density at radius 2 is 2.00 bits per heavy atom. The van der Waals surface area contributed by atoms with Crippen LogP contribution in [-0.2, 0) is 4.79 Å². The fourth-order valence-electron chi connectivity index (χ4n) is 1.16. The van der Waals surface area contributed by atoms with E-state index in [1.807, 2.05) is 31.2 Å². The van der Waals surface area contributed by atoms with Gasteiger partial charge in [-0.15, -0.1) is 0 Å². The molecule has 0 saturated heterocycles. The fourth-order valence-corrected chi connectivity index (χ4v) is 1.56. The van der Waals surface area contributed by atoms with Crippen LogP contribution < -0.4 is 5.32 Å². The van der Waals surface area contributed by atoms with Crippen LogP contribution in [0.2, 0.25) is 0 Å². The highest BCUT2D eigenvalue weighted by atomic mass is 79.9. The van der Waals surface area contributed by atoms with Crippen molar-refractivity contribution in [1.29, 1.82) is 0 Å². The van der Waals surface area contributed by atoms with E-state index in [1.54, 1.807) is 6.92 Å². The molecule has 3 nitrogen and oxygen atoms in total. The quantitative estimate of drug-likeness (QED) is 0.885. The molecule has 1 aromatic rings. The Morgan fingerprint density at radius 1 is 1.40 bits per heavy atom. The lowest BCUT2D eigenvalue weighted by Crippen LogP contribution is -2.29. The third-order valence-electron chi connectivity index (χ3n) is 2.40. The van der Waals surface area contributed by atoms with E-state index in [-0.39, 0.29) is 6.04 Å². The summed E-state index contributed by atoms with van der Waals surface area (Å²) in [6.07, 6.45) is 0. The van der Waals surface area contributed by atoms with Crippen LogP contribution in [0.25, 0.3) is 0 Å². The Balaban J connectivity index is 2.70. The average molecular weight is 272 g/mol. The Bertz CT molecular complexity index is 354. The van der Waals surface area contributed by atoms with Crippen molar-refractivity contribution in [3.63, 3.8) is 0 Å². The van der Waals surface area contributed by atoms with E-state index in [2.05, 4.69) is 21.2 Å². The smallest absolute Gasteiger partial charge is 0.308 e. The molecule has 0 bridgehead atoms. The summed E-state index contributed by atoms with van der Waals surface area (Å²) in [6.45, 7) is 3.55. The molecule has 2 atom stereocenters. The van der Waals surface area contributed by atoms with Gasteiger partial charge in [0.05, 0.1) is 5.92 Å². The first-order chi connectivity index (χ1) is 7.02. The third-order valence-corrected chi connectivity index (χ3v) is 3.09. The van der Waals surface area contributed by atoms with Crippen molar-refractivity contribution in [3.8, 4) is 0 Å². The molecule has 0 spiro atoms. The van der Waals surface area contributed by atoms with Crippen LogP contribution in [0.5, 0.6) is 0 Å². The van der Waals surface area contributed by atoms with Crippen LogP contribution in [-0.4, -0.2) is 17.1 Å². The number of benzene rings is 1. The Morgan fingerprint density at radius 3 is 2.53 bits per heavy atom. The number of para-hydroxylation sites is 1. The summed E-state index contributed by atoms with van der Waals surface area (Å²) < 4.78 is 0.939. The Hall–Kier alpha value is -1.03. The van der Waals surface area contributed by atoms with Gasteiger partial charge in [0.1, 0.15) is 0 Å². The molecule has 1 aromatic carbocycles. The first-order valence-electron chi connectivity index (χ1n) is 4.76. The molecule has 0 amide bonds. The number of halogens is 1. The minimum absolute atomic E-state index is 0.110. The first kappa shape index (κ1) is 12.0. The molecule has 0 fully saturated rings. The van der Waals surface area contributed by atoms with Crippen molar-refractivity contribution >= 4 is 27.6 Å². The van der Waals surface area contributed by atoms with E-state index in [0.29, 0.717) is 0 Å². The minimum Gasteiger partial charge on any atom is -0.481 e. The molecule has 82 valence electrons. The number of nitrogens with one attached hydrogen (secondary N) is 1. The van der Waals surface area contributed by atoms with Gasteiger partial charge in [-0.3, -0.25) is 4.79 Å². The molecule has 15 heavy (non-hydrogen) atoms. The van der Waals surface area contributed by atoms with E-state index in [9.17, 15) is 4.79 Å². The second-order valence-corrected chi connectivity index (χ2v) is 4.39. The van der Waals surface area contributed by atoms with Crippen molar-refractivity contribution in [2.24, 2.45) is 5.92 Å². The van der Waals surface area contributed by atoms with Crippen molar-refractivity contribution in [2.45, 2.75) is 19.9 Å². The highest BCUT2D eigenvalue weighted by Gasteiger charge is 2.19. The average Bonchev–Trinajstić information content (AvgIpc) is 2.20. The van der Waals surface area contributed by atoms with Gasteiger partial charge in [0, 0.05) is 16.2 Å². The summed E-state index contributed by atoms with van der Waals surface area (Å²) in [4.78, 5) is 10.8. The van der Waals surface area contributed by atoms with Crippen molar-refractivity contribution in [2.75, 3.05) is 5.32 Å². The van der Waals surface area contributed by atoms with Crippen LogP contribution >= 0.6 is 15.9 Å². The van der Waals surface area contributed by atoms with Gasteiger partial charge in [0.25, 0.3) is 0 Å². The Labute approximate surface area is 97.6 Å². The van der Waals surface area contributed by atoms with E-state index < -0.39 is 11.9 Å². The summed E-state index contributed by atoms with van der Waals surface area (Å²) in [7, 11) is 0. The predicted molar refractivity (Wildman–Crippen MR) is 64.0 cm³/mol. The van der Waals surface area contributed by atoms with E-state index in [0.717, 1.165) is 10.2 Å². The topological polar surface area (TPSA) is 49.3 Å². The minimum atomic E-state index is -0.790. The highest BCUT2D eigenvalue weighted by molar-refractivity contribution is 9.10. The molecule has 0 aromatic heterocycles. The van der Waals surface area contributed by atoms with Crippen molar-refractivity contribution in [3.05, 3.63) is 28.7 Å². The zero-order valence-corrected chi connectivity index (χ0v) is 10.3. The van der Waals surface area contributed by atoms with Gasteiger partial charge in [0.15, 0.2) is 0 Å². The number of carboxylic acid groups (broad SMARTS) is 1. The van der Waals surface area contributed by atoms with Crippen LogP contribution in [0.15, 0.2) is 28.7 Å². The molecule has 2 unspecified atom stereocenters. The maximum absolute atomic E-state index is 10.8. The molecular formula is C11H14BrNO2. The normalized spacial score (nSPS) is 14.3. The van der Waals surface area contributed by atoms with Crippen LogP contribution in [0.3, 0.4) is 0 Å². The maximum Gasteiger partial charge on any atom is 0.308 e. The monoisotopic (exact) mass is 271 g/mol. The van der Waals surface area contributed by atoms with Gasteiger partial charge >= 0.3 is 5.97 Å². The molecule has 4 heteroatoms. The summed E-state index contributed by atoms with van der Waals surface area (Å²) in [5.41, 5.74) is 0.915. The lowest BCUT2D eigenvalue weighted by atomic mass is 10.0. The third kappa shape index (κ3) is 3.23. The standard InChI is InChI=1S/C11H14BrNO2/c1-7(11(14)15)8(2)13-10-6-4-3-5-9(10)12/h3-8,13H,1-2H3,(H,14,15). The molecule has 1 rings (SSSR count). The van der Waals surface area contributed by atoms with Crippen LogP contribution in [0, 0.1) is 5.92 Å². The number of aliphatic carboxylic acids is 1. The Kier molecular flexibility index (Phi) is 4.15. The summed E-state index contributed by atoms with van der Waals surface area (Å²) in [5.74, 6) is -1.21. The van der Waals surface area contributed by atoms with Crippen LogP contribution in [0.4, 0.5) is 5.69 Å². The molecule has 0 saturated carbocycles. The highest BCUT2D eigenvalue weighted by Crippen LogP contribution is 2.23. The van der Waals surface area contributed by atoms with Crippen molar-refractivity contribution in [1.82, 2.24) is 0 Å². The van der Waals surface area contributed by atoms with E-state index >= 15 is 0 Å². The number of hydrogen-bond donors (Lipinski definition) is 2. The first-order valence-corrected chi connectivity index (χ1v) is 5.55. The molecule has 0 aliphatic carbocycles. The van der Waals surface area contributed by atoms with Gasteiger partial charge in [-0.05, 0) is 41.9 Å². The van der Waals surface area contributed by atoms with Gasteiger partial charge in [-0.1, -0.05) is 12.1 Å². The number of rotatable bonds is 4. The molecule has 2 N–H and O–H groups in total. The zero-order chi connectivity index (χ0) is 11.4. The maximum atomic E-state index is 10.8. The number of anilines is 1. The van der Waals surface area contributed by atoms with Gasteiger partial charge in [-0.2, -0.15) is 0 Å². The summed E-state index contributed by atoms with van der Waals surface area (Å²) in [5, 5.41) is 12.0. The van der Waals surface area contributed by atoms with Gasteiger partial charge in [-0.25, -0.2) is 0 Å². The number of carboxylic acids is 1. The fraction of sp³-hybridized carbons (Fsp3) is 0.364. The largest absolute Gasteiger partial charge is 0.481 e. The van der Waals surface area contributed by atoms with Crippen LogP contribution in [0.1, 0.15) is 13.8 Å². The molecule has 0 heterocycles. The molecule has 0 aliphatic rings. The van der Waals surface area contributed by atoms with Crippen molar-refractivity contribution < 1.29 is 9.90 Å². The van der Waals surface area contributed by atoms with Gasteiger partial charge < -0.3 is 10.4 Å². The van der Waals surface area contributed by atoms with E-state index in [1.165, 1.54) is 0 Å². The number of carbonyl (C=O) groups is 1. The van der Waals surface area contributed by atoms with E-state index in [4.69, 9.17) is 5.11 Å². The molecular weight excluding hydrogens is 258 g/mol. The van der Waals surface area contributed by atoms with Gasteiger partial charge in [0.2, 0.25) is 0 Å².